The van der Waals surface area contributed by atoms with Crippen LogP contribution in [0.4, 0.5) is 18.0 Å². The molecule has 1 N–H and O–H groups in total. The van der Waals surface area contributed by atoms with Crippen molar-refractivity contribution < 1.29 is 27.4 Å². The Hall–Kier alpha value is -2.44. The molecule has 1 atom stereocenters. The molecule has 1 heterocycles. The first-order valence-corrected chi connectivity index (χ1v) is 12.0. The van der Waals surface area contributed by atoms with Gasteiger partial charge in [0.1, 0.15) is 17.9 Å². The number of hydrogen-bond donors (Lipinski definition) is 1. The quantitative estimate of drug-likeness (QED) is 0.536. The van der Waals surface area contributed by atoms with Crippen molar-refractivity contribution in [2.45, 2.75) is 76.1 Å². The first-order chi connectivity index (χ1) is 15.7. The number of alkyl halides is 3. The van der Waals surface area contributed by atoms with E-state index in [0.29, 0.717) is 16.9 Å². The Kier molecular flexibility index (Phi) is 5.69. The molecule has 3 fully saturated rings. The van der Waals surface area contributed by atoms with E-state index in [2.05, 4.69) is 5.32 Å². The van der Waals surface area contributed by atoms with Gasteiger partial charge in [0, 0.05) is 0 Å². The molecule has 2 aromatic carbocycles. The van der Waals surface area contributed by atoms with Gasteiger partial charge >= 0.3 is 12.3 Å². The van der Waals surface area contributed by atoms with Gasteiger partial charge < -0.3 is 14.8 Å². The molecule has 2 aliphatic carbocycles. The van der Waals surface area contributed by atoms with E-state index in [1.807, 2.05) is 0 Å². The maximum absolute atomic E-state index is 14.2. The minimum absolute atomic E-state index is 0.0872. The largest absolute Gasteiger partial charge is 0.490 e. The first kappa shape index (κ1) is 22.4. The lowest BCUT2D eigenvalue weighted by Gasteiger charge is -2.33. The van der Waals surface area contributed by atoms with Gasteiger partial charge in [-0.05, 0) is 72.9 Å². The number of carbonyl (C=O) groups excluding carboxylic acids is 1. The van der Waals surface area contributed by atoms with Gasteiger partial charge in [-0.2, -0.15) is 13.2 Å². The molecule has 2 saturated carbocycles. The summed E-state index contributed by atoms with van der Waals surface area (Å²) in [7, 11) is 0. The summed E-state index contributed by atoms with van der Waals surface area (Å²) in [6, 6.07) is 7.92. The summed E-state index contributed by atoms with van der Waals surface area (Å²) in [6.45, 7) is 1.93. The zero-order valence-corrected chi connectivity index (χ0v) is 18.8. The van der Waals surface area contributed by atoms with E-state index in [-0.39, 0.29) is 23.8 Å². The molecule has 4 nitrogen and oxygen atoms in total. The molecule has 5 rings (SSSR count). The number of ether oxygens (including phenoxy) is 2. The number of alkyl carbamates (subject to hydrolysis) is 1. The predicted octanol–water partition coefficient (Wildman–Crippen LogP) is 6.94. The Labute approximate surface area is 191 Å². The van der Waals surface area contributed by atoms with Crippen LogP contribution in [0.15, 0.2) is 30.3 Å². The number of cyclic esters (lactones) is 1. The van der Waals surface area contributed by atoms with E-state index < -0.39 is 23.4 Å². The number of amides is 1. The van der Waals surface area contributed by atoms with Crippen molar-refractivity contribution in [3.63, 3.8) is 0 Å². The van der Waals surface area contributed by atoms with Gasteiger partial charge in [-0.15, -0.1) is 0 Å². The highest BCUT2D eigenvalue weighted by atomic mass is 19.4. The summed E-state index contributed by atoms with van der Waals surface area (Å²) in [4.78, 5) is 11.5. The lowest BCUT2D eigenvalue weighted by Crippen LogP contribution is -2.37. The average Bonchev–Trinajstić information content (AvgIpc) is 3.43. The lowest BCUT2D eigenvalue weighted by atomic mass is 9.78. The molecule has 3 aliphatic rings. The summed E-state index contributed by atoms with van der Waals surface area (Å²) in [5.74, 6) is 1.41. The minimum atomic E-state index is -4.54. The zero-order chi connectivity index (χ0) is 23.2. The van der Waals surface area contributed by atoms with Crippen LogP contribution in [-0.2, 0) is 16.5 Å². The highest BCUT2D eigenvalue weighted by molar-refractivity contribution is 5.89. The van der Waals surface area contributed by atoms with Crippen LogP contribution in [-0.4, -0.2) is 18.8 Å². The highest BCUT2D eigenvalue weighted by Crippen LogP contribution is 2.44. The second kappa shape index (κ2) is 8.41. The molecule has 1 amide bonds. The van der Waals surface area contributed by atoms with Crippen LogP contribution in [0.25, 0.3) is 10.8 Å². The van der Waals surface area contributed by atoms with E-state index in [1.165, 1.54) is 37.8 Å². The predicted molar refractivity (Wildman–Crippen MR) is 119 cm³/mol. The van der Waals surface area contributed by atoms with E-state index in [4.69, 9.17) is 9.47 Å². The second-order valence-corrected chi connectivity index (χ2v) is 10.1. The van der Waals surface area contributed by atoms with Crippen molar-refractivity contribution in [3.8, 4) is 5.75 Å². The molecular formula is C26H30F3NO3. The number of fused-ring (bicyclic) bond motifs is 1. The summed E-state index contributed by atoms with van der Waals surface area (Å²) in [5.41, 5.74) is -0.786. The molecule has 0 bridgehead atoms. The van der Waals surface area contributed by atoms with Gasteiger partial charge in [-0.3, -0.25) is 0 Å². The second-order valence-electron chi connectivity index (χ2n) is 10.1. The third-order valence-electron chi connectivity index (χ3n) is 7.85. The van der Waals surface area contributed by atoms with Gasteiger partial charge in [0.2, 0.25) is 0 Å². The van der Waals surface area contributed by atoms with Crippen molar-refractivity contribution >= 4 is 16.9 Å². The minimum Gasteiger partial charge on any atom is -0.490 e. The fourth-order valence-corrected chi connectivity index (χ4v) is 5.99. The fourth-order valence-electron chi connectivity index (χ4n) is 5.99. The van der Waals surface area contributed by atoms with Crippen LogP contribution in [0, 0.1) is 11.8 Å². The number of halogens is 3. The zero-order valence-electron chi connectivity index (χ0n) is 18.8. The van der Waals surface area contributed by atoms with E-state index >= 15 is 0 Å². The van der Waals surface area contributed by atoms with Crippen molar-refractivity contribution in [2.24, 2.45) is 11.8 Å². The number of nitrogens with one attached hydrogen (secondary N) is 1. The van der Waals surface area contributed by atoms with E-state index in [9.17, 15) is 18.0 Å². The summed E-state index contributed by atoms with van der Waals surface area (Å²) >= 11 is 0. The van der Waals surface area contributed by atoms with Crippen molar-refractivity contribution in [2.75, 3.05) is 6.61 Å². The molecule has 33 heavy (non-hydrogen) atoms. The summed E-state index contributed by atoms with van der Waals surface area (Å²) in [6.07, 6.45) is 3.70. The Morgan fingerprint density at radius 3 is 2.33 bits per heavy atom. The van der Waals surface area contributed by atoms with Crippen molar-refractivity contribution in [1.82, 2.24) is 5.32 Å². The Morgan fingerprint density at radius 1 is 1.00 bits per heavy atom. The highest BCUT2D eigenvalue weighted by Gasteiger charge is 2.40. The van der Waals surface area contributed by atoms with Gasteiger partial charge in [-0.25, -0.2) is 4.79 Å². The van der Waals surface area contributed by atoms with E-state index in [1.54, 1.807) is 25.1 Å². The Morgan fingerprint density at radius 2 is 1.70 bits per heavy atom. The molecule has 178 valence electrons. The molecule has 0 spiro atoms. The maximum atomic E-state index is 14.2. The number of rotatable bonds is 4. The van der Waals surface area contributed by atoms with Crippen LogP contribution in [0.3, 0.4) is 0 Å². The van der Waals surface area contributed by atoms with Crippen LogP contribution < -0.4 is 10.1 Å². The molecular weight excluding hydrogens is 431 g/mol. The van der Waals surface area contributed by atoms with Crippen molar-refractivity contribution in [3.05, 3.63) is 41.5 Å². The molecule has 0 radical (unpaired) electrons. The van der Waals surface area contributed by atoms with Crippen LogP contribution in [0.1, 0.15) is 69.4 Å². The van der Waals surface area contributed by atoms with Crippen LogP contribution in [0.2, 0.25) is 0 Å². The van der Waals surface area contributed by atoms with Gasteiger partial charge in [0.15, 0.2) is 0 Å². The van der Waals surface area contributed by atoms with Crippen LogP contribution in [0.5, 0.6) is 5.75 Å². The topological polar surface area (TPSA) is 47.6 Å². The Bertz CT molecular complexity index is 1040. The molecule has 1 aliphatic heterocycles. The standard InChI is InChI=1S/C26H30F3NO3/c1-25(15-32-24(31)30-25)19-9-12-21-18(14-19)8-13-22(23(21)26(27,28)29)33-20-10-6-17(7-11-20)16-4-2-3-5-16/h8-9,12-14,16-17,20H,2-7,10-11,15H2,1H3,(H,30,31)/t17-,20-,25-/m0/s1. The van der Waals surface area contributed by atoms with Gasteiger partial charge in [-0.1, -0.05) is 43.9 Å². The SMILES string of the molecule is C[C@@]1(c2ccc3c(C(F)(F)F)c(O[C@H]4CC[C@H](C5CCCC5)CC4)ccc3c2)COC(=O)N1. The maximum Gasteiger partial charge on any atom is 0.420 e. The number of carbonyl (C=O) groups is 1. The smallest absolute Gasteiger partial charge is 0.420 e. The average molecular weight is 462 g/mol. The molecule has 0 aromatic heterocycles. The van der Waals surface area contributed by atoms with E-state index in [0.717, 1.165) is 31.6 Å². The van der Waals surface area contributed by atoms with Crippen molar-refractivity contribution in [1.29, 1.82) is 0 Å². The Balaban J connectivity index is 1.39. The summed E-state index contributed by atoms with van der Waals surface area (Å²) in [5, 5.41) is 3.30. The molecule has 2 aromatic rings. The third kappa shape index (κ3) is 4.38. The molecule has 0 unspecified atom stereocenters. The normalized spacial score (nSPS) is 28.7. The number of hydrogen-bond acceptors (Lipinski definition) is 3. The third-order valence-corrected chi connectivity index (χ3v) is 7.85. The number of benzene rings is 2. The van der Waals surface area contributed by atoms with Gasteiger partial charge in [0.25, 0.3) is 0 Å². The molecule has 7 heteroatoms. The molecule has 1 saturated heterocycles. The lowest BCUT2D eigenvalue weighted by molar-refractivity contribution is -0.138. The first-order valence-electron chi connectivity index (χ1n) is 12.0. The van der Waals surface area contributed by atoms with Crippen LogP contribution >= 0.6 is 0 Å². The monoisotopic (exact) mass is 461 g/mol. The fraction of sp³-hybridized carbons (Fsp3) is 0.577. The van der Waals surface area contributed by atoms with Gasteiger partial charge in [0.05, 0.1) is 11.6 Å². The summed E-state index contributed by atoms with van der Waals surface area (Å²) < 4.78 is 53.5.